The van der Waals surface area contributed by atoms with E-state index in [0.29, 0.717) is 49.4 Å². The van der Waals surface area contributed by atoms with Crippen molar-refractivity contribution in [3.05, 3.63) is 81.4 Å². The number of halogens is 3. The van der Waals surface area contributed by atoms with Gasteiger partial charge in [0.2, 0.25) is 5.91 Å². The summed E-state index contributed by atoms with van der Waals surface area (Å²) in [6.07, 6.45) is 0.952. The standard InChI is InChI=1S/C26H23ClF2N4O/c27-23-18(28)11-20-17(12-26(13-31-8-9-33(20)26)14-4-2-1-3-5-14)21(23)22-16(25(30)34)10-19-15(24(22)29)6-7-32-19/h1-5,10-11,31-32H,6-9,12-13H2,(H2,30,34). The minimum Gasteiger partial charge on any atom is -0.384 e. The predicted molar refractivity (Wildman–Crippen MR) is 130 cm³/mol. The number of benzene rings is 3. The molecule has 5 nitrogen and oxygen atoms in total. The lowest BCUT2D eigenvalue weighted by molar-refractivity contribution is 0.100. The van der Waals surface area contributed by atoms with Crippen LogP contribution in [0.2, 0.25) is 5.02 Å². The molecular weight excluding hydrogens is 458 g/mol. The summed E-state index contributed by atoms with van der Waals surface area (Å²) in [6.45, 7) is 2.59. The van der Waals surface area contributed by atoms with Crippen molar-refractivity contribution in [2.45, 2.75) is 18.4 Å². The van der Waals surface area contributed by atoms with E-state index in [0.717, 1.165) is 17.7 Å². The van der Waals surface area contributed by atoms with Crippen molar-refractivity contribution in [1.82, 2.24) is 5.32 Å². The van der Waals surface area contributed by atoms with Crippen LogP contribution in [0.3, 0.4) is 0 Å². The molecule has 3 aliphatic rings. The molecule has 3 aliphatic heterocycles. The highest BCUT2D eigenvalue weighted by atomic mass is 35.5. The number of primary amides is 1. The van der Waals surface area contributed by atoms with Crippen molar-refractivity contribution < 1.29 is 13.6 Å². The Morgan fingerprint density at radius 1 is 1.09 bits per heavy atom. The van der Waals surface area contributed by atoms with Crippen LogP contribution in [0.5, 0.6) is 0 Å². The molecule has 0 spiro atoms. The van der Waals surface area contributed by atoms with Crippen LogP contribution in [0.25, 0.3) is 11.1 Å². The van der Waals surface area contributed by atoms with Gasteiger partial charge in [0.05, 0.1) is 16.1 Å². The van der Waals surface area contributed by atoms with Gasteiger partial charge in [-0.1, -0.05) is 41.9 Å². The first-order chi connectivity index (χ1) is 16.4. The van der Waals surface area contributed by atoms with E-state index in [1.54, 1.807) is 6.07 Å². The normalized spacial score (nSPS) is 20.5. The molecule has 3 heterocycles. The average Bonchev–Trinajstić information content (AvgIpc) is 3.44. The monoisotopic (exact) mass is 480 g/mol. The average molecular weight is 481 g/mol. The van der Waals surface area contributed by atoms with Gasteiger partial charge >= 0.3 is 0 Å². The first-order valence-corrected chi connectivity index (χ1v) is 11.7. The van der Waals surface area contributed by atoms with Crippen molar-refractivity contribution >= 4 is 28.9 Å². The summed E-state index contributed by atoms with van der Waals surface area (Å²) in [5.74, 6) is -2.00. The molecule has 174 valence electrons. The number of nitrogens with zero attached hydrogens (tertiary/aromatic N) is 1. The van der Waals surface area contributed by atoms with Gasteiger partial charge in [0, 0.05) is 60.7 Å². The van der Waals surface area contributed by atoms with Crippen molar-refractivity contribution in [2.24, 2.45) is 5.73 Å². The van der Waals surface area contributed by atoms with E-state index in [2.05, 4.69) is 27.7 Å². The number of amides is 1. The maximum absolute atomic E-state index is 16.0. The number of hydrogen-bond donors (Lipinski definition) is 3. The van der Waals surface area contributed by atoms with E-state index in [-0.39, 0.29) is 21.7 Å². The first-order valence-electron chi connectivity index (χ1n) is 11.4. The molecule has 3 aromatic carbocycles. The van der Waals surface area contributed by atoms with Gasteiger partial charge in [0.25, 0.3) is 0 Å². The molecule has 0 aromatic heterocycles. The Balaban J connectivity index is 1.65. The maximum Gasteiger partial charge on any atom is 0.249 e. The molecule has 34 heavy (non-hydrogen) atoms. The quantitative estimate of drug-likeness (QED) is 0.525. The van der Waals surface area contributed by atoms with Crippen LogP contribution in [-0.4, -0.2) is 32.1 Å². The van der Waals surface area contributed by atoms with E-state index < -0.39 is 23.1 Å². The number of nitrogens with one attached hydrogen (secondary N) is 2. The Bertz CT molecular complexity index is 1350. The van der Waals surface area contributed by atoms with Crippen molar-refractivity contribution in [1.29, 1.82) is 0 Å². The van der Waals surface area contributed by atoms with Gasteiger partial charge in [-0.05, 0) is 29.7 Å². The zero-order chi connectivity index (χ0) is 23.6. The third kappa shape index (κ3) is 2.90. The van der Waals surface area contributed by atoms with Crippen LogP contribution in [0.1, 0.15) is 27.0 Å². The Hall–Kier alpha value is -3.16. The zero-order valence-corrected chi connectivity index (χ0v) is 19.1. The minimum absolute atomic E-state index is 0.00268. The SMILES string of the molecule is NC(=O)c1cc2c(c(F)c1-c1c(Cl)c(F)cc3c1CC1(c4ccccc4)CNCCN31)CCN2. The fraction of sp³-hybridized carbons (Fsp3) is 0.269. The first kappa shape index (κ1) is 21.4. The second-order valence-electron chi connectivity index (χ2n) is 9.13. The number of fused-ring (bicyclic) bond motifs is 4. The summed E-state index contributed by atoms with van der Waals surface area (Å²) < 4.78 is 31.3. The van der Waals surface area contributed by atoms with Crippen LogP contribution >= 0.6 is 11.6 Å². The summed E-state index contributed by atoms with van der Waals surface area (Å²) in [5, 5.41) is 6.37. The largest absolute Gasteiger partial charge is 0.384 e. The van der Waals surface area contributed by atoms with Gasteiger partial charge in [0.15, 0.2) is 0 Å². The van der Waals surface area contributed by atoms with E-state index in [1.165, 1.54) is 6.07 Å². The van der Waals surface area contributed by atoms with Crippen LogP contribution in [0.4, 0.5) is 20.2 Å². The van der Waals surface area contributed by atoms with Crippen LogP contribution in [0, 0.1) is 11.6 Å². The fourth-order valence-electron chi connectivity index (χ4n) is 5.89. The number of carbonyl (C=O) groups excluding carboxylic acids is 1. The Kier molecular flexibility index (Phi) is 4.83. The highest BCUT2D eigenvalue weighted by molar-refractivity contribution is 6.34. The molecule has 1 atom stereocenters. The van der Waals surface area contributed by atoms with E-state index >= 15 is 8.78 Å². The molecule has 6 rings (SSSR count). The highest BCUT2D eigenvalue weighted by Gasteiger charge is 2.48. The van der Waals surface area contributed by atoms with E-state index in [9.17, 15) is 4.79 Å². The molecule has 0 saturated carbocycles. The molecule has 8 heteroatoms. The van der Waals surface area contributed by atoms with E-state index in [4.69, 9.17) is 17.3 Å². The smallest absolute Gasteiger partial charge is 0.249 e. The van der Waals surface area contributed by atoms with Crippen LogP contribution < -0.4 is 21.3 Å². The number of nitrogens with two attached hydrogens (primary N) is 1. The molecule has 1 saturated heterocycles. The van der Waals surface area contributed by atoms with Gasteiger partial charge in [-0.2, -0.15) is 0 Å². The molecule has 0 bridgehead atoms. The molecule has 0 aliphatic carbocycles. The number of hydrogen-bond acceptors (Lipinski definition) is 4. The number of anilines is 2. The summed E-state index contributed by atoms with van der Waals surface area (Å²) in [5.41, 5.74) is 8.92. The van der Waals surface area contributed by atoms with Crippen molar-refractivity contribution in [2.75, 3.05) is 36.4 Å². The Labute approximate surface area is 200 Å². The number of rotatable bonds is 3. The van der Waals surface area contributed by atoms with Gasteiger partial charge in [-0.25, -0.2) is 8.78 Å². The van der Waals surface area contributed by atoms with Gasteiger partial charge in [-0.3, -0.25) is 4.79 Å². The maximum atomic E-state index is 16.0. The second-order valence-corrected chi connectivity index (χ2v) is 9.51. The topological polar surface area (TPSA) is 70.4 Å². The molecular formula is C26H23ClF2N4O. The Morgan fingerprint density at radius 2 is 1.88 bits per heavy atom. The lowest BCUT2D eigenvalue weighted by atomic mass is 9.82. The lowest BCUT2D eigenvalue weighted by Crippen LogP contribution is -2.57. The van der Waals surface area contributed by atoms with Gasteiger partial charge in [0.1, 0.15) is 11.6 Å². The van der Waals surface area contributed by atoms with Crippen molar-refractivity contribution in [3.8, 4) is 11.1 Å². The second kappa shape index (κ2) is 7.68. The molecule has 1 amide bonds. The lowest BCUT2D eigenvalue weighted by Gasteiger charge is -2.45. The molecule has 0 radical (unpaired) electrons. The van der Waals surface area contributed by atoms with E-state index in [1.807, 2.05) is 18.2 Å². The molecule has 1 fully saturated rings. The minimum atomic E-state index is -0.783. The predicted octanol–water partition coefficient (Wildman–Crippen LogP) is 4.21. The third-order valence-electron chi connectivity index (χ3n) is 7.39. The highest BCUT2D eigenvalue weighted by Crippen LogP contribution is 2.53. The van der Waals surface area contributed by atoms with Gasteiger partial charge in [-0.15, -0.1) is 0 Å². The fourth-order valence-corrected chi connectivity index (χ4v) is 6.15. The summed E-state index contributed by atoms with van der Waals surface area (Å²) in [4.78, 5) is 14.6. The summed E-state index contributed by atoms with van der Waals surface area (Å²) in [6, 6.07) is 13.0. The number of carbonyl (C=O) groups is 1. The van der Waals surface area contributed by atoms with Crippen LogP contribution in [0.15, 0.2) is 42.5 Å². The van der Waals surface area contributed by atoms with Crippen molar-refractivity contribution in [3.63, 3.8) is 0 Å². The summed E-state index contributed by atoms with van der Waals surface area (Å²) in [7, 11) is 0. The zero-order valence-electron chi connectivity index (χ0n) is 18.4. The number of piperazine rings is 1. The van der Waals surface area contributed by atoms with Gasteiger partial charge < -0.3 is 21.3 Å². The molecule has 4 N–H and O–H groups in total. The third-order valence-corrected chi connectivity index (χ3v) is 7.76. The summed E-state index contributed by atoms with van der Waals surface area (Å²) >= 11 is 6.56. The molecule has 1 unspecified atom stereocenters. The molecule has 3 aromatic rings. The Morgan fingerprint density at radius 3 is 2.65 bits per heavy atom. The van der Waals surface area contributed by atoms with Crippen LogP contribution in [-0.2, 0) is 18.4 Å².